The van der Waals surface area contributed by atoms with Crippen LogP contribution in [-0.2, 0) is 4.74 Å². The summed E-state index contributed by atoms with van der Waals surface area (Å²) in [6, 6.07) is 10.1. The zero-order valence-electron chi connectivity index (χ0n) is 16.7. The highest BCUT2D eigenvalue weighted by Crippen LogP contribution is 2.29. The van der Waals surface area contributed by atoms with Gasteiger partial charge in [-0.3, -0.25) is 4.98 Å². The van der Waals surface area contributed by atoms with Crippen LogP contribution in [0.5, 0.6) is 0 Å². The van der Waals surface area contributed by atoms with E-state index < -0.39 is 0 Å². The molecule has 2 aromatic heterocycles. The molecule has 1 saturated heterocycles. The van der Waals surface area contributed by atoms with Gasteiger partial charge in [-0.25, -0.2) is 9.97 Å². The molecule has 1 aromatic carbocycles. The summed E-state index contributed by atoms with van der Waals surface area (Å²) in [5.74, 6) is 0.751. The van der Waals surface area contributed by atoms with Gasteiger partial charge < -0.3 is 25.0 Å². The van der Waals surface area contributed by atoms with E-state index in [0.717, 1.165) is 46.9 Å². The molecule has 152 valence electrons. The van der Waals surface area contributed by atoms with Crippen molar-refractivity contribution in [3.05, 3.63) is 42.7 Å². The first-order valence-electron chi connectivity index (χ1n) is 9.76. The van der Waals surface area contributed by atoms with Crippen LogP contribution in [0.3, 0.4) is 0 Å². The lowest BCUT2D eigenvalue weighted by Gasteiger charge is -2.32. The van der Waals surface area contributed by atoms with Crippen molar-refractivity contribution in [1.82, 2.24) is 20.3 Å². The van der Waals surface area contributed by atoms with Crippen molar-refractivity contribution in [2.75, 3.05) is 56.7 Å². The van der Waals surface area contributed by atoms with Crippen LogP contribution in [0, 0.1) is 0 Å². The molecule has 3 heterocycles. The molecule has 8 heteroatoms. The molecule has 1 fully saturated rings. The maximum absolute atomic E-state index is 9.14. The van der Waals surface area contributed by atoms with Crippen molar-refractivity contribution >= 4 is 22.5 Å². The molecular weight excluding hydrogens is 368 g/mol. The number of pyridine rings is 1. The van der Waals surface area contributed by atoms with Crippen molar-refractivity contribution in [3.8, 4) is 11.3 Å². The van der Waals surface area contributed by atoms with Crippen molar-refractivity contribution < 1.29 is 9.84 Å². The van der Waals surface area contributed by atoms with Crippen LogP contribution in [0.2, 0.25) is 0 Å². The summed E-state index contributed by atoms with van der Waals surface area (Å²) < 4.78 is 5.90. The molecule has 2 N–H and O–H groups in total. The number of aliphatic hydroxyl groups is 1. The molecular formula is C21H26N6O2. The Hall–Kier alpha value is -2.81. The number of anilines is 2. The number of likely N-dealkylation sites (N-methyl/N-ethyl adjacent to an activating group) is 2. The molecule has 0 radical (unpaired) electrons. The smallest absolute Gasteiger partial charge is 0.159 e. The average Bonchev–Trinajstić information content (AvgIpc) is 2.78. The van der Waals surface area contributed by atoms with Gasteiger partial charge in [0.15, 0.2) is 5.82 Å². The standard InChI is InChI=1S/C21H26N6O2/c1-26(10-11-28)16-5-3-15(4-6-16)17-13-18-20(24-8-7-23-18)21(25-17)27(2)19-14-22-9-12-29-19/h3-8,13,19,22,28H,9-12,14H2,1-2H3. The van der Waals surface area contributed by atoms with Crippen molar-refractivity contribution in [2.24, 2.45) is 0 Å². The third kappa shape index (κ3) is 4.14. The maximum Gasteiger partial charge on any atom is 0.159 e. The maximum atomic E-state index is 9.14. The Balaban J connectivity index is 1.72. The minimum absolute atomic E-state index is 0.105. The molecule has 1 aliphatic heterocycles. The van der Waals surface area contributed by atoms with Gasteiger partial charge in [-0.15, -0.1) is 0 Å². The van der Waals surface area contributed by atoms with Gasteiger partial charge in [0.25, 0.3) is 0 Å². The fourth-order valence-electron chi connectivity index (χ4n) is 3.45. The topological polar surface area (TPSA) is 86.6 Å². The SMILES string of the molecule is CN(CCO)c1ccc(-c2cc3nccnc3c(N(C)C3CNCCO3)n2)cc1. The van der Waals surface area contributed by atoms with Gasteiger partial charge in [-0.2, -0.15) is 0 Å². The quantitative estimate of drug-likeness (QED) is 0.651. The number of aromatic nitrogens is 3. The van der Waals surface area contributed by atoms with Gasteiger partial charge in [0, 0.05) is 57.4 Å². The second-order valence-electron chi connectivity index (χ2n) is 7.09. The number of nitrogens with one attached hydrogen (secondary N) is 1. The number of hydrogen-bond donors (Lipinski definition) is 2. The summed E-state index contributed by atoms with van der Waals surface area (Å²) in [5.41, 5.74) is 4.43. The lowest BCUT2D eigenvalue weighted by atomic mass is 10.1. The second kappa shape index (κ2) is 8.69. The molecule has 1 aliphatic rings. The summed E-state index contributed by atoms with van der Waals surface area (Å²) >= 11 is 0. The van der Waals surface area contributed by atoms with Gasteiger partial charge in [0.2, 0.25) is 0 Å². The lowest BCUT2D eigenvalue weighted by molar-refractivity contribution is 0.0295. The Kier molecular flexibility index (Phi) is 5.84. The number of hydrogen-bond acceptors (Lipinski definition) is 8. The Labute approximate surface area is 170 Å². The van der Waals surface area contributed by atoms with Crippen LogP contribution >= 0.6 is 0 Å². The number of ether oxygens (including phenoxy) is 1. The average molecular weight is 394 g/mol. The van der Waals surface area contributed by atoms with E-state index in [1.165, 1.54) is 0 Å². The van der Waals surface area contributed by atoms with Crippen molar-refractivity contribution in [3.63, 3.8) is 0 Å². The molecule has 29 heavy (non-hydrogen) atoms. The highest BCUT2D eigenvalue weighted by atomic mass is 16.5. The fraction of sp³-hybridized carbons (Fsp3) is 0.381. The van der Waals surface area contributed by atoms with E-state index in [4.69, 9.17) is 14.8 Å². The highest BCUT2D eigenvalue weighted by molar-refractivity contribution is 5.89. The van der Waals surface area contributed by atoms with Crippen LogP contribution in [0.15, 0.2) is 42.7 Å². The minimum Gasteiger partial charge on any atom is -0.395 e. The molecule has 0 aliphatic carbocycles. The number of nitrogens with zero attached hydrogens (tertiary/aromatic N) is 5. The first kappa shape index (κ1) is 19.5. The normalized spacial score (nSPS) is 16.7. The summed E-state index contributed by atoms with van der Waals surface area (Å²) in [6.07, 6.45) is 3.28. The van der Waals surface area contributed by atoms with Crippen LogP contribution in [0.4, 0.5) is 11.5 Å². The van der Waals surface area contributed by atoms with Gasteiger partial charge in [0.1, 0.15) is 11.7 Å². The van der Waals surface area contributed by atoms with Crippen LogP contribution < -0.4 is 15.1 Å². The lowest BCUT2D eigenvalue weighted by Crippen LogP contribution is -2.48. The molecule has 0 spiro atoms. The number of rotatable bonds is 6. The molecule has 0 bridgehead atoms. The second-order valence-corrected chi connectivity index (χ2v) is 7.09. The summed E-state index contributed by atoms with van der Waals surface area (Å²) in [4.78, 5) is 18.0. The van der Waals surface area contributed by atoms with Crippen molar-refractivity contribution in [2.45, 2.75) is 6.23 Å². The van der Waals surface area contributed by atoms with E-state index >= 15 is 0 Å². The molecule has 8 nitrogen and oxygen atoms in total. The molecule has 3 aromatic rings. The number of morpholine rings is 1. The zero-order chi connectivity index (χ0) is 20.2. The number of benzene rings is 1. The number of fused-ring (bicyclic) bond motifs is 1. The Morgan fingerprint density at radius 2 is 1.97 bits per heavy atom. The van der Waals surface area contributed by atoms with E-state index in [2.05, 4.69) is 15.3 Å². The minimum atomic E-state index is -0.105. The highest BCUT2D eigenvalue weighted by Gasteiger charge is 2.23. The van der Waals surface area contributed by atoms with Crippen LogP contribution in [-0.4, -0.2) is 73.2 Å². The van der Waals surface area contributed by atoms with Crippen LogP contribution in [0.1, 0.15) is 0 Å². The Bertz CT molecular complexity index is 959. The fourth-order valence-corrected chi connectivity index (χ4v) is 3.45. The third-order valence-electron chi connectivity index (χ3n) is 5.15. The molecule has 1 atom stereocenters. The monoisotopic (exact) mass is 394 g/mol. The van der Waals surface area contributed by atoms with E-state index in [1.54, 1.807) is 12.4 Å². The van der Waals surface area contributed by atoms with E-state index in [9.17, 15) is 0 Å². The van der Waals surface area contributed by atoms with Crippen molar-refractivity contribution in [1.29, 1.82) is 0 Å². The van der Waals surface area contributed by atoms with Gasteiger partial charge >= 0.3 is 0 Å². The van der Waals surface area contributed by atoms with E-state index in [0.29, 0.717) is 13.2 Å². The van der Waals surface area contributed by atoms with E-state index in [1.807, 2.05) is 54.2 Å². The van der Waals surface area contributed by atoms with Gasteiger partial charge in [-0.1, -0.05) is 12.1 Å². The molecule has 0 amide bonds. The summed E-state index contributed by atoms with van der Waals surface area (Å²) in [5, 5.41) is 12.5. The first-order chi connectivity index (χ1) is 14.2. The Morgan fingerprint density at radius 1 is 1.17 bits per heavy atom. The summed E-state index contributed by atoms with van der Waals surface area (Å²) in [7, 11) is 3.94. The number of aliphatic hydroxyl groups excluding tert-OH is 1. The summed E-state index contributed by atoms with van der Waals surface area (Å²) in [6.45, 7) is 2.97. The third-order valence-corrected chi connectivity index (χ3v) is 5.15. The zero-order valence-corrected chi connectivity index (χ0v) is 16.7. The van der Waals surface area contributed by atoms with E-state index in [-0.39, 0.29) is 12.8 Å². The first-order valence-corrected chi connectivity index (χ1v) is 9.76. The Morgan fingerprint density at radius 3 is 2.69 bits per heavy atom. The predicted octanol–water partition coefficient (Wildman–Crippen LogP) is 1.50. The molecule has 4 rings (SSSR count). The van der Waals surface area contributed by atoms with Gasteiger partial charge in [-0.05, 0) is 18.2 Å². The predicted molar refractivity (Wildman–Crippen MR) is 114 cm³/mol. The largest absolute Gasteiger partial charge is 0.395 e. The van der Waals surface area contributed by atoms with Crippen LogP contribution in [0.25, 0.3) is 22.3 Å². The molecule has 1 unspecified atom stereocenters. The molecule has 0 saturated carbocycles. The van der Waals surface area contributed by atoms with Gasteiger partial charge in [0.05, 0.1) is 24.4 Å².